The molecule has 0 bridgehead atoms. The predicted octanol–water partition coefficient (Wildman–Crippen LogP) is 1.71. The fourth-order valence-electron chi connectivity index (χ4n) is 2.54. The zero-order valence-corrected chi connectivity index (χ0v) is 10.3. The van der Waals surface area contributed by atoms with Crippen molar-refractivity contribution in [3.8, 4) is 0 Å². The largest absolute Gasteiger partial charge is 0.475 e. The van der Waals surface area contributed by atoms with Crippen LogP contribution in [0, 0.1) is 0 Å². The van der Waals surface area contributed by atoms with Crippen LogP contribution < -0.4 is 0 Å². The molecular weight excluding hydrogens is 234 g/mol. The third-order valence-electron chi connectivity index (χ3n) is 3.43. The first-order chi connectivity index (χ1) is 8.70. The molecular formula is C13H19NO4. The maximum atomic E-state index is 10.7. The molecule has 1 fully saturated rings. The molecule has 5 heteroatoms. The minimum atomic E-state index is -1.03. The summed E-state index contributed by atoms with van der Waals surface area (Å²) >= 11 is 0. The number of carboxylic acid groups (broad SMARTS) is 1. The van der Waals surface area contributed by atoms with Crippen LogP contribution in [0.4, 0.5) is 0 Å². The van der Waals surface area contributed by atoms with Crippen LogP contribution >= 0.6 is 0 Å². The van der Waals surface area contributed by atoms with Gasteiger partial charge in [0.25, 0.3) is 0 Å². The van der Waals surface area contributed by atoms with Gasteiger partial charge in [-0.1, -0.05) is 0 Å². The van der Waals surface area contributed by atoms with Gasteiger partial charge in [-0.3, -0.25) is 4.90 Å². The number of hydrogen-bond acceptors (Lipinski definition) is 4. The van der Waals surface area contributed by atoms with Gasteiger partial charge in [0.1, 0.15) is 5.76 Å². The first-order valence-corrected chi connectivity index (χ1v) is 6.37. The number of aliphatic hydroxyl groups excluding tert-OH is 1. The summed E-state index contributed by atoms with van der Waals surface area (Å²) in [7, 11) is 0. The van der Waals surface area contributed by atoms with E-state index in [0.717, 1.165) is 32.2 Å². The van der Waals surface area contributed by atoms with Crippen molar-refractivity contribution in [2.24, 2.45) is 0 Å². The van der Waals surface area contributed by atoms with Crippen LogP contribution in [0.3, 0.4) is 0 Å². The molecule has 1 unspecified atom stereocenters. The van der Waals surface area contributed by atoms with Gasteiger partial charge in [0, 0.05) is 12.6 Å². The molecule has 18 heavy (non-hydrogen) atoms. The number of nitrogens with zero attached hydrogens (tertiary/aromatic N) is 1. The molecule has 1 atom stereocenters. The minimum absolute atomic E-state index is 0.00361. The monoisotopic (exact) mass is 253 g/mol. The Bertz CT molecular complexity index is 401. The van der Waals surface area contributed by atoms with E-state index in [1.165, 1.54) is 6.07 Å². The molecule has 1 aromatic heterocycles. The van der Waals surface area contributed by atoms with Gasteiger partial charge < -0.3 is 14.6 Å². The molecule has 100 valence electrons. The van der Waals surface area contributed by atoms with Gasteiger partial charge in [-0.05, 0) is 44.4 Å². The molecule has 0 radical (unpaired) electrons. The highest BCUT2D eigenvalue weighted by Gasteiger charge is 2.25. The fraction of sp³-hybridized carbons (Fsp3) is 0.615. The topological polar surface area (TPSA) is 73.9 Å². The molecule has 1 aliphatic heterocycles. The first-order valence-electron chi connectivity index (χ1n) is 6.37. The van der Waals surface area contributed by atoms with E-state index in [4.69, 9.17) is 14.6 Å². The Balaban J connectivity index is 1.92. The quantitative estimate of drug-likeness (QED) is 0.807. The molecule has 0 aromatic carbocycles. The molecule has 1 aromatic rings. The number of aliphatic hydroxyl groups is 1. The van der Waals surface area contributed by atoms with E-state index in [1.807, 2.05) is 0 Å². The normalized spacial score (nSPS) is 20.4. The van der Waals surface area contributed by atoms with Crippen molar-refractivity contribution in [3.05, 3.63) is 23.7 Å². The van der Waals surface area contributed by atoms with Crippen LogP contribution in [0.2, 0.25) is 0 Å². The molecule has 0 saturated carbocycles. The van der Waals surface area contributed by atoms with Gasteiger partial charge in [0.2, 0.25) is 5.76 Å². The van der Waals surface area contributed by atoms with E-state index >= 15 is 0 Å². The minimum Gasteiger partial charge on any atom is -0.475 e. The fourth-order valence-corrected chi connectivity index (χ4v) is 2.54. The summed E-state index contributed by atoms with van der Waals surface area (Å²) in [5.41, 5.74) is 0. The Morgan fingerprint density at radius 2 is 2.33 bits per heavy atom. The lowest BCUT2D eigenvalue weighted by Crippen LogP contribution is -2.28. The van der Waals surface area contributed by atoms with E-state index < -0.39 is 5.97 Å². The summed E-state index contributed by atoms with van der Waals surface area (Å²) in [6.07, 6.45) is 4.11. The third-order valence-corrected chi connectivity index (χ3v) is 3.43. The summed E-state index contributed by atoms with van der Waals surface area (Å²) in [4.78, 5) is 13.0. The Hall–Kier alpha value is -1.33. The second-order valence-electron chi connectivity index (χ2n) is 4.70. The molecule has 1 saturated heterocycles. The van der Waals surface area contributed by atoms with Crippen LogP contribution in [-0.4, -0.2) is 40.3 Å². The summed E-state index contributed by atoms with van der Waals surface area (Å²) < 4.78 is 5.27. The lowest BCUT2D eigenvalue weighted by atomic mass is 10.1. The Kier molecular flexibility index (Phi) is 4.38. The molecule has 2 N–H and O–H groups in total. The van der Waals surface area contributed by atoms with Crippen LogP contribution in [0.5, 0.6) is 0 Å². The molecule has 2 heterocycles. The standard InChI is InChI=1S/C13H19NO4/c15-8-2-4-10-3-1-7-14(10)9-11-5-6-12(18-11)13(16)17/h5-6,10,15H,1-4,7-9H2,(H,16,17). The van der Waals surface area contributed by atoms with Crippen LogP contribution in [0.15, 0.2) is 16.5 Å². The van der Waals surface area contributed by atoms with Crippen molar-refractivity contribution in [1.82, 2.24) is 4.90 Å². The lowest BCUT2D eigenvalue weighted by molar-refractivity contribution is 0.0658. The Morgan fingerprint density at radius 1 is 1.50 bits per heavy atom. The Morgan fingerprint density at radius 3 is 3.00 bits per heavy atom. The summed E-state index contributed by atoms with van der Waals surface area (Å²) in [5.74, 6) is -0.334. The number of carboxylic acids is 1. The lowest BCUT2D eigenvalue weighted by Gasteiger charge is -2.23. The molecule has 5 nitrogen and oxygen atoms in total. The van der Waals surface area contributed by atoms with Crippen molar-refractivity contribution in [2.75, 3.05) is 13.2 Å². The third kappa shape index (κ3) is 3.11. The predicted molar refractivity (Wildman–Crippen MR) is 65.4 cm³/mol. The van der Waals surface area contributed by atoms with Gasteiger partial charge in [0.05, 0.1) is 6.54 Å². The number of rotatable bonds is 6. The SMILES string of the molecule is O=C(O)c1ccc(CN2CCCC2CCCO)o1. The summed E-state index contributed by atoms with van der Waals surface area (Å²) in [5, 5.41) is 17.7. The number of carbonyl (C=O) groups is 1. The molecule has 0 amide bonds. The van der Waals surface area contributed by atoms with Crippen molar-refractivity contribution in [1.29, 1.82) is 0 Å². The average Bonchev–Trinajstić information content (AvgIpc) is 2.96. The highest BCUT2D eigenvalue weighted by atomic mass is 16.4. The number of hydrogen-bond donors (Lipinski definition) is 2. The van der Waals surface area contributed by atoms with Gasteiger partial charge in [-0.25, -0.2) is 4.79 Å². The number of furan rings is 1. The number of aromatic carboxylic acids is 1. The van der Waals surface area contributed by atoms with Gasteiger partial charge in [-0.2, -0.15) is 0 Å². The molecule has 0 spiro atoms. The van der Waals surface area contributed by atoms with Crippen molar-refractivity contribution in [3.63, 3.8) is 0 Å². The van der Waals surface area contributed by atoms with Crippen molar-refractivity contribution in [2.45, 2.75) is 38.3 Å². The van der Waals surface area contributed by atoms with Gasteiger partial charge in [0.15, 0.2) is 0 Å². The summed E-state index contributed by atoms with van der Waals surface area (Å²) in [6, 6.07) is 3.71. The van der Waals surface area contributed by atoms with Crippen LogP contribution in [0.1, 0.15) is 42.0 Å². The van der Waals surface area contributed by atoms with Crippen molar-refractivity contribution >= 4 is 5.97 Å². The summed E-state index contributed by atoms with van der Waals surface area (Å²) in [6.45, 7) is 1.90. The molecule has 2 rings (SSSR count). The Labute approximate surface area is 106 Å². The van der Waals surface area contributed by atoms with Crippen LogP contribution in [-0.2, 0) is 6.54 Å². The van der Waals surface area contributed by atoms with E-state index in [2.05, 4.69) is 4.90 Å². The van der Waals surface area contributed by atoms with Crippen LogP contribution in [0.25, 0.3) is 0 Å². The second-order valence-corrected chi connectivity index (χ2v) is 4.70. The first kappa shape index (κ1) is 13.1. The van der Waals surface area contributed by atoms with E-state index in [1.54, 1.807) is 6.07 Å². The van der Waals surface area contributed by atoms with Gasteiger partial charge >= 0.3 is 5.97 Å². The zero-order chi connectivity index (χ0) is 13.0. The second kappa shape index (κ2) is 6.02. The molecule has 1 aliphatic rings. The van der Waals surface area contributed by atoms with Crippen molar-refractivity contribution < 1.29 is 19.4 Å². The highest BCUT2D eigenvalue weighted by Crippen LogP contribution is 2.24. The maximum Gasteiger partial charge on any atom is 0.371 e. The van der Waals surface area contributed by atoms with E-state index in [0.29, 0.717) is 18.3 Å². The average molecular weight is 253 g/mol. The van der Waals surface area contributed by atoms with Gasteiger partial charge in [-0.15, -0.1) is 0 Å². The van der Waals surface area contributed by atoms with E-state index in [-0.39, 0.29) is 12.4 Å². The van der Waals surface area contributed by atoms with E-state index in [9.17, 15) is 4.79 Å². The molecule has 0 aliphatic carbocycles. The zero-order valence-electron chi connectivity index (χ0n) is 10.3. The number of likely N-dealkylation sites (tertiary alicyclic amines) is 1. The highest BCUT2D eigenvalue weighted by molar-refractivity contribution is 5.84. The maximum absolute atomic E-state index is 10.7. The smallest absolute Gasteiger partial charge is 0.371 e.